The predicted octanol–water partition coefficient (Wildman–Crippen LogP) is 3.40. The highest BCUT2D eigenvalue weighted by Gasteiger charge is 2.13. The van der Waals surface area contributed by atoms with Crippen molar-refractivity contribution in [3.63, 3.8) is 0 Å². The summed E-state index contributed by atoms with van der Waals surface area (Å²) in [5, 5.41) is 29.6. The Hall–Kier alpha value is -3.84. The van der Waals surface area contributed by atoms with E-state index in [1.54, 1.807) is 15.6 Å². The van der Waals surface area contributed by atoms with Crippen LogP contribution in [0.2, 0.25) is 0 Å². The maximum atomic E-state index is 8.89. The Balaban J connectivity index is 1.76. The van der Waals surface area contributed by atoms with Crippen molar-refractivity contribution in [3.05, 3.63) is 64.3 Å². The first kappa shape index (κ1) is 19.5. The second-order valence-corrected chi connectivity index (χ2v) is 7.08. The molecule has 0 atom stereocenters. The summed E-state index contributed by atoms with van der Waals surface area (Å²) >= 11 is 5.36. The molecule has 0 aliphatic rings. The molecule has 3 aromatic heterocycles. The number of hydrogen-bond donors (Lipinski definition) is 1. The summed E-state index contributed by atoms with van der Waals surface area (Å²) in [6.45, 7) is 4.37. The maximum absolute atomic E-state index is 8.89. The van der Waals surface area contributed by atoms with Crippen LogP contribution in [-0.2, 0) is 6.54 Å². The Labute approximate surface area is 177 Å². The molecule has 4 rings (SSSR count). The molecule has 3 heterocycles. The molecule has 150 valence electrons. The predicted molar refractivity (Wildman–Crippen MR) is 115 cm³/mol. The van der Waals surface area contributed by atoms with Crippen LogP contribution in [0.3, 0.4) is 0 Å². The Bertz CT molecular complexity index is 1300. The molecule has 0 saturated carbocycles. The third-order valence-electron chi connectivity index (χ3n) is 4.43. The van der Waals surface area contributed by atoms with Crippen LogP contribution < -0.4 is 0 Å². The van der Waals surface area contributed by atoms with Gasteiger partial charge in [-0.25, -0.2) is 9.78 Å². The van der Waals surface area contributed by atoms with Gasteiger partial charge in [-0.1, -0.05) is 30.3 Å². The van der Waals surface area contributed by atoms with E-state index >= 15 is 0 Å². The molecule has 0 unspecified atom stereocenters. The number of H-pyrrole nitrogens is 1. The van der Waals surface area contributed by atoms with Crippen molar-refractivity contribution in [2.75, 3.05) is 0 Å². The number of rotatable bonds is 6. The van der Waals surface area contributed by atoms with Crippen LogP contribution >= 0.6 is 12.2 Å². The lowest BCUT2D eigenvalue weighted by molar-refractivity contribution is 0.629. The fourth-order valence-corrected chi connectivity index (χ4v) is 3.28. The van der Waals surface area contributed by atoms with Crippen molar-refractivity contribution in [2.45, 2.75) is 26.8 Å². The second-order valence-electron chi connectivity index (χ2n) is 6.69. The lowest BCUT2D eigenvalue weighted by Crippen LogP contribution is -2.07. The molecule has 0 fully saturated rings. The first-order valence-corrected chi connectivity index (χ1v) is 9.73. The van der Waals surface area contributed by atoms with E-state index < -0.39 is 0 Å². The molecule has 0 aliphatic carbocycles. The van der Waals surface area contributed by atoms with E-state index in [9.17, 15) is 0 Å². The average molecular weight is 418 g/mol. The van der Waals surface area contributed by atoms with E-state index in [1.165, 1.54) is 4.68 Å². The van der Waals surface area contributed by atoms with Gasteiger partial charge in [0, 0.05) is 23.0 Å². The van der Waals surface area contributed by atoms with Crippen LogP contribution in [0.25, 0.3) is 17.2 Å². The Kier molecular flexibility index (Phi) is 5.36. The van der Waals surface area contributed by atoms with Gasteiger partial charge < -0.3 is 0 Å². The number of aromatic amines is 1. The summed E-state index contributed by atoms with van der Waals surface area (Å²) < 4.78 is 5.32. The molecule has 0 radical (unpaired) electrons. The summed E-state index contributed by atoms with van der Waals surface area (Å²) in [4.78, 5) is 0. The van der Waals surface area contributed by atoms with Crippen LogP contribution in [0.1, 0.15) is 23.4 Å². The van der Waals surface area contributed by atoms with Crippen LogP contribution in [0.15, 0.2) is 47.7 Å². The van der Waals surface area contributed by atoms with Crippen molar-refractivity contribution >= 4 is 18.4 Å². The first-order valence-electron chi connectivity index (χ1n) is 9.32. The molecule has 0 aliphatic heterocycles. The van der Waals surface area contributed by atoms with Crippen LogP contribution in [0.5, 0.6) is 0 Å². The quantitative estimate of drug-likeness (QED) is 0.382. The van der Waals surface area contributed by atoms with Gasteiger partial charge in [0.2, 0.25) is 4.77 Å². The van der Waals surface area contributed by atoms with Crippen molar-refractivity contribution in [1.82, 2.24) is 34.4 Å². The standard InChI is InChI=1S/C20H19N9S/c1-14-11-15(2)28(25-14)19-23-24-20(30)29(19)22-12-17-13-27(10-6-9-21)26-18(17)16-7-4-3-5-8-16/h3-5,7-8,11-13H,6,10H2,1-2H3,(H,24,30)/b22-12-. The van der Waals surface area contributed by atoms with E-state index in [1.807, 2.05) is 56.4 Å². The first-order chi connectivity index (χ1) is 14.6. The van der Waals surface area contributed by atoms with Gasteiger partial charge in [0.15, 0.2) is 0 Å². The molecule has 1 N–H and O–H groups in total. The molecule has 0 bridgehead atoms. The minimum atomic E-state index is 0.354. The van der Waals surface area contributed by atoms with Crippen molar-refractivity contribution in [3.8, 4) is 23.3 Å². The van der Waals surface area contributed by atoms with Gasteiger partial charge >= 0.3 is 0 Å². The van der Waals surface area contributed by atoms with E-state index in [0.717, 1.165) is 28.2 Å². The van der Waals surface area contributed by atoms with E-state index in [2.05, 4.69) is 31.6 Å². The molecule has 0 amide bonds. The number of nitriles is 1. The number of hydrogen-bond acceptors (Lipinski definition) is 6. The molecular weight excluding hydrogens is 398 g/mol. The third-order valence-corrected chi connectivity index (χ3v) is 4.70. The van der Waals surface area contributed by atoms with Gasteiger partial charge in [0.1, 0.15) is 5.69 Å². The number of benzene rings is 1. The Morgan fingerprint density at radius 1 is 1.23 bits per heavy atom. The minimum Gasteiger partial charge on any atom is -0.270 e. The number of aromatic nitrogens is 7. The second kappa shape index (κ2) is 8.26. The molecule has 1 aromatic carbocycles. The fourth-order valence-electron chi connectivity index (χ4n) is 3.11. The summed E-state index contributed by atoms with van der Waals surface area (Å²) in [5.41, 5.74) is 4.35. The SMILES string of the molecule is Cc1cc(C)n(-c2n[nH]c(=S)n2/N=C\c2cn(CCC#N)nc2-c2ccccc2)n1. The monoisotopic (exact) mass is 417 g/mol. The van der Waals surface area contributed by atoms with E-state index in [4.69, 9.17) is 17.5 Å². The van der Waals surface area contributed by atoms with Crippen LogP contribution in [0, 0.1) is 29.9 Å². The van der Waals surface area contributed by atoms with Crippen molar-refractivity contribution in [2.24, 2.45) is 5.10 Å². The number of nitrogens with one attached hydrogen (secondary N) is 1. The highest BCUT2D eigenvalue weighted by atomic mass is 32.1. The summed E-state index contributed by atoms with van der Waals surface area (Å²) in [7, 11) is 0. The molecule has 30 heavy (non-hydrogen) atoms. The zero-order chi connectivity index (χ0) is 21.1. The number of nitrogens with zero attached hydrogens (tertiary/aromatic N) is 8. The molecule has 0 saturated heterocycles. The lowest BCUT2D eigenvalue weighted by Gasteiger charge is -2.02. The maximum Gasteiger partial charge on any atom is 0.271 e. The topological polar surface area (TPSA) is 105 Å². The Morgan fingerprint density at radius 2 is 2.03 bits per heavy atom. The lowest BCUT2D eigenvalue weighted by atomic mass is 10.1. The third kappa shape index (κ3) is 3.83. The van der Waals surface area contributed by atoms with E-state index in [-0.39, 0.29) is 0 Å². The van der Waals surface area contributed by atoms with Crippen molar-refractivity contribution in [1.29, 1.82) is 5.26 Å². The number of aryl methyl sites for hydroxylation is 3. The fraction of sp³-hybridized carbons (Fsp3) is 0.200. The average Bonchev–Trinajstić information content (AvgIpc) is 3.42. The minimum absolute atomic E-state index is 0.354. The van der Waals surface area contributed by atoms with Crippen molar-refractivity contribution < 1.29 is 0 Å². The zero-order valence-electron chi connectivity index (χ0n) is 16.5. The van der Waals surface area contributed by atoms with Gasteiger partial charge in [-0.2, -0.15) is 25.2 Å². The van der Waals surface area contributed by atoms with Crippen LogP contribution in [0.4, 0.5) is 0 Å². The largest absolute Gasteiger partial charge is 0.271 e. The molecule has 0 spiro atoms. The van der Waals surface area contributed by atoms with Gasteiger partial charge in [-0.05, 0) is 32.1 Å². The summed E-state index contributed by atoms with van der Waals surface area (Å²) in [5.74, 6) is 0.472. The Morgan fingerprint density at radius 3 is 2.73 bits per heavy atom. The normalized spacial score (nSPS) is 11.2. The summed E-state index contributed by atoms with van der Waals surface area (Å²) in [6, 6.07) is 13.9. The smallest absolute Gasteiger partial charge is 0.270 e. The highest BCUT2D eigenvalue weighted by Crippen LogP contribution is 2.21. The van der Waals surface area contributed by atoms with Gasteiger partial charge in [-0.3, -0.25) is 4.68 Å². The molecule has 10 heteroatoms. The zero-order valence-corrected chi connectivity index (χ0v) is 17.3. The molecular formula is C20H19N9S. The van der Waals surface area contributed by atoms with Crippen LogP contribution in [-0.4, -0.2) is 40.6 Å². The molecule has 4 aromatic rings. The van der Waals surface area contributed by atoms with Gasteiger partial charge in [0.05, 0.1) is 30.9 Å². The van der Waals surface area contributed by atoms with Gasteiger partial charge in [-0.15, -0.1) is 5.10 Å². The summed E-state index contributed by atoms with van der Waals surface area (Å²) in [6.07, 6.45) is 3.94. The molecule has 9 nitrogen and oxygen atoms in total. The van der Waals surface area contributed by atoms with Gasteiger partial charge in [0.25, 0.3) is 5.95 Å². The van der Waals surface area contributed by atoms with E-state index in [0.29, 0.717) is 23.7 Å². The highest BCUT2D eigenvalue weighted by molar-refractivity contribution is 7.71.